The minimum absolute atomic E-state index is 0.145. The highest BCUT2D eigenvalue weighted by atomic mass is 32.1. The monoisotopic (exact) mass is 389 g/mol. The summed E-state index contributed by atoms with van der Waals surface area (Å²) in [6.07, 6.45) is 0. The Morgan fingerprint density at radius 3 is 2.68 bits per heavy atom. The molecule has 2 aromatic carbocycles. The summed E-state index contributed by atoms with van der Waals surface area (Å²) in [6.45, 7) is 4.01. The molecule has 0 saturated carbocycles. The highest BCUT2D eigenvalue weighted by Crippen LogP contribution is 2.18. The summed E-state index contributed by atoms with van der Waals surface area (Å²) >= 11 is 1.58. The molecule has 2 heterocycles. The molecule has 0 aliphatic heterocycles. The first-order chi connectivity index (χ1) is 13.6. The summed E-state index contributed by atoms with van der Waals surface area (Å²) in [6, 6.07) is 19.0. The van der Waals surface area contributed by atoms with Crippen LogP contribution in [0.5, 0.6) is 5.75 Å². The molecule has 0 aliphatic rings. The number of rotatable bonds is 5. The molecule has 5 nitrogen and oxygen atoms in total. The lowest BCUT2D eigenvalue weighted by atomic mass is 10.2. The minimum atomic E-state index is -0.204. The summed E-state index contributed by atoms with van der Waals surface area (Å²) in [5.74, 6) is 1.22. The average Bonchev–Trinajstić information content (AvgIpc) is 3.25. The summed E-state index contributed by atoms with van der Waals surface area (Å²) in [5, 5.41) is 7.09. The number of fused-ring (bicyclic) bond motifs is 1. The molecule has 4 aromatic rings. The number of ether oxygens (including phenoxy) is 1. The number of para-hydroxylation sites is 2. The van der Waals surface area contributed by atoms with Crippen LogP contribution < -0.4 is 10.3 Å². The first kappa shape index (κ1) is 18.1. The van der Waals surface area contributed by atoms with Crippen molar-refractivity contribution in [2.75, 3.05) is 0 Å². The van der Waals surface area contributed by atoms with E-state index in [0.717, 1.165) is 21.9 Å². The van der Waals surface area contributed by atoms with Crippen molar-refractivity contribution in [1.29, 1.82) is 0 Å². The van der Waals surface area contributed by atoms with Gasteiger partial charge in [0.2, 0.25) is 0 Å². The lowest BCUT2D eigenvalue weighted by molar-refractivity contribution is 0.287. The third-order valence-electron chi connectivity index (χ3n) is 4.40. The van der Waals surface area contributed by atoms with Gasteiger partial charge in [0.1, 0.15) is 12.4 Å². The standard InChI is InChI=1S/C22H19N3O2S/c1-15-8-3-6-11-19(15)27-14-21-23-18-10-5-4-9-17(18)22(26)25(21)24-16(2)20-12-7-13-28-20/h3-13H,14H2,1-2H3/b24-16-. The van der Waals surface area contributed by atoms with Crippen LogP contribution in [0.25, 0.3) is 10.9 Å². The summed E-state index contributed by atoms with van der Waals surface area (Å²) in [4.78, 5) is 18.8. The Bertz CT molecular complexity index is 1210. The second-order valence-electron chi connectivity index (χ2n) is 6.38. The number of hydrogen-bond acceptors (Lipinski definition) is 5. The van der Waals surface area contributed by atoms with Crippen molar-refractivity contribution < 1.29 is 4.74 Å². The van der Waals surface area contributed by atoms with Crippen molar-refractivity contribution in [3.8, 4) is 5.75 Å². The maximum absolute atomic E-state index is 13.1. The van der Waals surface area contributed by atoms with Crippen LogP contribution in [0.1, 0.15) is 23.2 Å². The normalized spacial score (nSPS) is 11.7. The summed E-state index contributed by atoms with van der Waals surface area (Å²) < 4.78 is 7.31. The molecule has 0 amide bonds. The second-order valence-corrected chi connectivity index (χ2v) is 7.33. The van der Waals surface area contributed by atoms with Gasteiger partial charge in [0.05, 0.1) is 21.5 Å². The molecule has 140 valence electrons. The lowest BCUT2D eigenvalue weighted by Gasteiger charge is -2.12. The molecular formula is C22H19N3O2S. The quantitative estimate of drug-likeness (QED) is 0.468. The van der Waals surface area contributed by atoms with E-state index >= 15 is 0 Å². The molecule has 0 atom stereocenters. The third kappa shape index (κ3) is 3.59. The number of nitrogens with zero attached hydrogens (tertiary/aromatic N) is 3. The first-order valence-corrected chi connectivity index (χ1v) is 9.80. The maximum Gasteiger partial charge on any atom is 0.282 e. The molecule has 0 radical (unpaired) electrons. The largest absolute Gasteiger partial charge is 0.485 e. The zero-order chi connectivity index (χ0) is 19.5. The van der Waals surface area contributed by atoms with Gasteiger partial charge >= 0.3 is 0 Å². The van der Waals surface area contributed by atoms with Gasteiger partial charge in [0, 0.05) is 0 Å². The van der Waals surface area contributed by atoms with Gasteiger partial charge in [-0.3, -0.25) is 4.79 Å². The van der Waals surface area contributed by atoms with Crippen LogP contribution in [0.2, 0.25) is 0 Å². The fourth-order valence-corrected chi connectivity index (χ4v) is 3.58. The molecule has 0 spiro atoms. The molecular weight excluding hydrogens is 370 g/mol. The number of aromatic nitrogens is 2. The number of benzene rings is 2. The van der Waals surface area contributed by atoms with Gasteiger partial charge in [-0.05, 0) is 49.1 Å². The van der Waals surface area contributed by atoms with E-state index in [0.29, 0.717) is 16.7 Å². The molecule has 0 aliphatic carbocycles. The minimum Gasteiger partial charge on any atom is -0.485 e. The third-order valence-corrected chi connectivity index (χ3v) is 5.38. The maximum atomic E-state index is 13.1. The Kier molecular flexibility index (Phi) is 5.04. The number of hydrogen-bond donors (Lipinski definition) is 0. The van der Waals surface area contributed by atoms with Crippen LogP contribution in [0, 0.1) is 6.92 Å². The molecule has 0 unspecified atom stereocenters. The molecule has 6 heteroatoms. The second kappa shape index (κ2) is 7.78. The van der Waals surface area contributed by atoms with Crippen molar-refractivity contribution in [1.82, 2.24) is 9.66 Å². The van der Waals surface area contributed by atoms with Gasteiger partial charge in [-0.15, -0.1) is 11.3 Å². The molecule has 0 fully saturated rings. The Balaban J connectivity index is 1.80. The van der Waals surface area contributed by atoms with Crippen LogP contribution in [-0.4, -0.2) is 15.4 Å². The smallest absolute Gasteiger partial charge is 0.282 e. The highest BCUT2D eigenvalue weighted by molar-refractivity contribution is 7.12. The van der Waals surface area contributed by atoms with Gasteiger partial charge in [-0.25, -0.2) is 4.98 Å². The Morgan fingerprint density at radius 2 is 1.89 bits per heavy atom. The van der Waals surface area contributed by atoms with E-state index in [1.807, 2.05) is 73.8 Å². The molecule has 2 aromatic heterocycles. The van der Waals surface area contributed by atoms with Crippen molar-refractivity contribution in [3.05, 3.63) is 92.7 Å². The SMILES string of the molecule is C/C(=N/n1c(COc2ccccc2C)nc2ccccc2c1=O)c1cccs1. The van der Waals surface area contributed by atoms with Crippen LogP contribution in [-0.2, 0) is 6.61 Å². The van der Waals surface area contributed by atoms with Crippen LogP contribution >= 0.6 is 11.3 Å². The van der Waals surface area contributed by atoms with Gasteiger partial charge in [0.25, 0.3) is 5.56 Å². The van der Waals surface area contributed by atoms with Gasteiger partial charge in [-0.1, -0.05) is 36.4 Å². The number of aryl methyl sites for hydroxylation is 1. The fraction of sp³-hybridized carbons (Fsp3) is 0.136. The summed E-state index contributed by atoms with van der Waals surface area (Å²) in [7, 11) is 0. The van der Waals surface area contributed by atoms with Gasteiger partial charge in [0.15, 0.2) is 5.82 Å². The zero-order valence-corrected chi connectivity index (χ0v) is 16.4. The van der Waals surface area contributed by atoms with Crippen LogP contribution in [0.15, 0.2) is 75.9 Å². The average molecular weight is 389 g/mol. The molecule has 0 N–H and O–H groups in total. The zero-order valence-electron chi connectivity index (χ0n) is 15.6. The van der Waals surface area contributed by atoms with E-state index in [-0.39, 0.29) is 12.2 Å². The lowest BCUT2D eigenvalue weighted by Crippen LogP contribution is -2.24. The predicted molar refractivity (Wildman–Crippen MR) is 113 cm³/mol. The van der Waals surface area contributed by atoms with E-state index in [2.05, 4.69) is 10.1 Å². The van der Waals surface area contributed by atoms with Crippen molar-refractivity contribution in [3.63, 3.8) is 0 Å². The van der Waals surface area contributed by atoms with E-state index in [4.69, 9.17) is 4.74 Å². The van der Waals surface area contributed by atoms with Crippen molar-refractivity contribution in [2.45, 2.75) is 20.5 Å². The molecule has 28 heavy (non-hydrogen) atoms. The Morgan fingerprint density at radius 1 is 1.11 bits per heavy atom. The van der Waals surface area contributed by atoms with Crippen molar-refractivity contribution >= 4 is 28.0 Å². The Labute approximate surface area is 166 Å². The van der Waals surface area contributed by atoms with Gasteiger partial charge in [-0.2, -0.15) is 9.78 Å². The van der Waals surface area contributed by atoms with E-state index in [1.165, 1.54) is 4.68 Å². The van der Waals surface area contributed by atoms with Crippen molar-refractivity contribution in [2.24, 2.45) is 5.10 Å². The Hall–Kier alpha value is -3.25. The number of thiophene rings is 1. The molecule has 0 saturated heterocycles. The summed E-state index contributed by atoms with van der Waals surface area (Å²) in [5.41, 5.74) is 2.21. The molecule has 4 rings (SSSR count). The molecule has 0 bridgehead atoms. The fourth-order valence-electron chi connectivity index (χ4n) is 2.91. The van der Waals surface area contributed by atoms with Gasteiger partial charge < -0.3 is 4.74 Å². The van der Waals surface area contributed by atoms with E-state index in [1.54, 1.807) is 17.4 Å². The topological polar surface area (TPSA) is 56.5 Å². The van der Waals surface area contributed by atoms with E-state index in [9.17, 15) is 4.79 Å². The van der Waals surface area contributed by atoms with Crippen LogP contribution in [0.3, 0.4) is 0 Å². The predicted octanol–water partition coefficient (Wildman–Crippen LogP) is 4.62. The highest BCUT2D eigenvalue weighted by Gasteiger charge is 2.13. The first-order valence-electron chi connectivity index (χ1n) is 8.92. The van der Waals surface area contributed by atoms with Crippen LogP contribution in [0.4, 0.5) is 0 Å². The van der Waals surface area contributed by atoms with E-state index < -0.39 is 0 Å².